The average molecular weight is 247 g/mol. The van der Waals surface area contributed by atoms with Crippen molar-refractivity contribution in [3.63, 3.8) is 0 Å². The van der Waals surface area contributed by atoms with Gasteiger partial charge >= 0.3 is 0 Å². The van der Waals surface area contributed by atoms with E-state index in [1.54, 1.807) is 12.1 Å². The smallest absolute Gasteiger partial charge is 0.222 e. The van der Waals surface area contributed by atoms with Crippen LogP contribution in [0, 0.1) is 6.92 Å². The molecule has 0 aliphatic carbocycles. The Bertz CT molecular complexity index is 448. The van der Waals surface area contributed by atoms with E-state index in [4.69, 9.17) is 11.6 Å². The van der Waals surface area contributed by atoms with E-state index in [1.807, 2.05) is 6.92 Å². The molecule has 0 unspecified atom stereocenters. The molecular formula is C10H11ClO3S. The predicted molar refractivity (Wildman–Crippen MR) is 58.7 cm³/mol. The Morgan fingerprint density at radius 1 is 1.27 bits per heavy atom. The third-order valence-electron chi connectivity index (χ3n) is 1.95. The van der Waals surface area contributed by atoms with Gasteiger partial charge in [-0.2, -0.15) is 0 Å². The number of benzene rings is 1. The van der Waals surface area contributed by atoms with Crippen LogP contribution in [0.4, 0.5) is 0 Å². The maximum absolute atomic E-state index is 11.6. The van der Waals surface area contributed by atoms with E-state index >= 15 is 0 Å². The molecule has 0 radical (unpaired) electrons. The van der Waals surface area contributed by atoms with E-state index in [1.165, 1.54) is 12.1 Å². The van der Waals surface area contributed by atoms with Crippen LogP contribution in [0.2, 0.25) is 0 Å². The molecular weight excluding hydrogens is 236 g/mol. The zero-order valence-electron chi connectivity index (χ0n) is 8.23. The van der Waals surface area contributed by atoms with Crippen molar-refractivity contribution in [2.24, 2.45) is 0 Å². The lowest BCUT2D eigenvalue weighted by Gasteiger charge is -2.02. The lowest BCUT2D eigenvalue weighted by atomic mass is 10.2. The SMILES string of the molecule is Cc1ccc(S(=O)(=O)CCC(=O)Cl)cc1. The van der Waals surface area contributed by atoms with Crippen molar-refractivity contribution in [2.75, 3.05) is 5.75 Å². The van der Waals surface area contributed by atoms with Crippen molar-refractivity contribution in [1.29, 1.82) is 0 Å². The summed E-state index contributed by atoms with van der Waals surface area (Å²) in [5.74, 6) is -0.238. The zero-order valence-corrected chi connectivity index (χ0v) is 9.81. The molecule has 3 nitrogen and oxygen atoms in total. The first-order valence-corrected chi connectivity index (χ1v) is 6.42. The largest absolute Gasteiger partial charge is 0.281 e. The van der Waals surface area contributed by atoms with Gasteiger partial charge in [-0.05, 0) is 30.7 Å². The molecule has 0 aromatic heterocycles. The predicted octanol–water partition coefficient (Wildman–Crippen LogP) is 1.92. The van der Waals surface area contributed by atoms with Gasteiger partial charge in [0.15, 0.2) is 9.84 Å². The number of hydrogen-bond donors (Lipinski definition) is 0. The number of carbonyl (C=O) groups is 1. The van der Waals surface area contributed by atoms with Crippen molar-refractivity contribution in [2.45, 2.75) is 18.2 Å². The number of halogens is 1. The van der Waals surface area contributed by atoms with Crippen LogP contribution in [0.1, 0.15) is 12.0 Å². The molecule has 0 saturated carbocycles. The molecule has 5 heteroatoms. The normalized spacial score (nSPS) is 11.3. The third kappa shape index (κ3) is 3.64. The fourth-order valence-corrected chi connectivity index (χ4v) is 2.53. The van der Waals surface area contributed by atoms with E-state index < -0.39 is 15.1 Å². The highest BCUT2D eigenvalue weighted by Crippen LogP contribution is 2.13. The van der Waals surface area contributed by atoms with Crippen LogP contribution in [-0.4, -0.2) is 19.4 Å². The summed E-state index contributed by atoms with van der Waals surface area (Å²) in [7, 11) is -3.38. The van der Waals surface area contributed by atoms with Gasteiger partial charge in [-0.1, -0.05) is 17.7 Å². The summed E-state index contributed by atoms with van der Waals surface area (Å²) >= 11 is 5.09. The van der Waals surface area contributed by atoms with Crippen molar-refractivity contribution in [3.8, 4) is 0 Å². The first-order valence-electron chi connectivity index (χ1n) is 4.39. The van der Waals surface area contributed by atoms with Gasteiger partial charge in [0.2, 0.25) is 5.24 Å². The topological polar surface area (TPSA) is 51.2 Å². The Balaban J connectivity index is 2.87. The molecule has 82 valence electrons. The molecule has 0 atom stereocenters. The standard InChI is InChI=1S/C10H11ClO3S/c1-8-2-4-9(5-3-8)15(13,14)7-6-10(11)12/h2-5H,6-7H2,1H3. The Morgan fingerprint density at radius 3 is 2.27 bits per heavy atom. The van der Waals surface area contributed by atoms with Gasteiger partial charge in [-0.3, -0.25) is 4.79 Å². The highest BCUT2D eigenvalue weighted by Gasteiger charge is 2.15. The summed E-state index contributed by atoms with van der Waals surface area (Å²) in [6, 6.07) is 6.50. The lowest BCUT2D eigenvalue weighted by Crippen LogP contribution is -2.08. The minimum absolute atomic E-state index is 0.155. The molecule has 15 heavy (non-hydrogen) atoms. The molecule has 1 aromatic carbocycles. The minimum Gasteiger partial charge on any atom is -0.281 e. The van der Waals surface area contributed by atoms with E-state index in [9.17, 15) is 13.2 Å². The number of hydrogen-bond acceptors (Lipinski definition) is 3. The monoisotopic (exact) mass is 246 g/mol. The van der Waals surface area contributed by atoms with E-state index in [0.717, 1.165) is 5.56 Å². The highest BCUT2D eigenvalue weighted by molar-refractivity contribution is 7.91. The molecule has 0 spiro atoms. The van der Waals surface area contributed by atoms with Gasteiger partial charge < -0.3 is 0 Å². The van der Waals surface area contributed by atoms with Gasteiger partial charge in [0, 0.05) is 6.42 Å². The summed E-state index contributed by atoms with van der Waals surface area (Å²) in [5.41, 5.74) is 0.988. The quantitative estimate of drug-likeness (QED) is 0.763. The van der Waals surface area contributed by atoms with Crippen molar-refractivity contribution >= 4 is 26.7 Å². The van der Waals surface area contributed by atoms with Crippen LogP contribution in [0.15, 0.2) is 29.2 Å². The third-order valence-corrected chi connectivity index (χ3v) is 3.87. The minimum atomic E-state index is -3.38. The van der Waals surface area contributed by atoms with Gasteiger partial charge in [0.1, 0.15) is 0 Å². The number of carbonyl (C=O) groups excluding carboxylic acids is 1. The van der Waals surface area contributed by atoms with E-state index in [0.29, 0.717) is 0 Å². The van der Waals surface area contributed by atoms with Gasteiger partial charge in [-0.15, -0.1) is 0 Å². The Morgan fingerprint density at radius 2 is 1.80 bits per heavy atom. The molecule has 0 aliphatic rings. The summed E-state index contributed by atoms with van der Waals surface area (Å²) in [4.78, 5) is 10.7. The Kier molecular flexibility index (Phi) is 3.88. The molecule has 0 bridgehead atoms. The number of sulfone groups is 1. The molecule has 0 fully saturated rings. The molecule has 0 N–H and O–H groups in total. The van der Waals surface area contributed by atoms with Gasteiger partial charge in [-0.25, -0.2) is 8.42 Å². The van der Waals surface area contributed by atoms with Crippen LogP contribution >= 0.6 is 11.6 Å². The Labute approximate surface area is 94.0 Å². The molecule has 1 aromatic rings. The first kappa shape index (κ1) is 12.2. The van der Waals surface area contributed by atoms with Crippen LogP contribution in [0.3, 0.4) is 0 Å². The first-order chi connectivity index (χ1) is 6.92. The van der Waals surface area contributed by atoms with Gasteiger partial charge in [0.05, 0.1) is 10.6 Å². The fraction of sp³-hybridized carbons (Fsp3) is 0.300. The van der Waals surface area contributed by atoms with Gasteiger partial charge in [0.25, 0.3) is 0 Å². The van der Waals surface area contributed by atoms with Crippen LogP contribution in [0.5, 0.6) is 0 Å². The second-order valence-electron chi connectivity index (χ2n) is 3.24. The molecule has 0 aliphatic heterocycles. The van der Waals surface area contributed by atoms with E-state index in [-0.39, 0.29) is 17.1 Å². The summed E-state index contributed by atoms with van der Waals surface area (Å²) < 4.78 is 23.3. The van der Waals surface area contributed by atoms with Crippen LogP contribution in [0.25, 0.3) is 0 Å². The zero-order chi connectivity index (χ0) is 11.5. The second kappa shape index (κ2) is 4.77. The fourth-order valence-electron chi connectivity index (χ4n) is 1.08. The highest BCUT2D eigenvalue weighted by atomic mass is 35.5. The van der Waals surface area contributed by atoms with Crippen molar-refractivity contribution in [1.82, 2.24) is 0 Å². The van der Waals surface area contributed by atoms with Crippen LogP contribution in [-0.2, 0) is 14.6 Å². The van der Waals surface area contributed by atoms with Crippen molar-refractivity contribution in [3.05, 3.63) is 29.8 Å². The maximum Gasteiger partial charge on any atom is 0.222 e. The molecule has 0 amide bonds. The summed E-state index contributed by atoms with van der Waals surface area (Å²) in [5, 5.41) is -0.634. The van der Waals surface area contributed by atoms with Crippen LogP contribution < -0.4 is 0 Å². The average Bonchev–Trinajstić information content (AvgIpc) is 2.16. The second-order valence-corrected chi connectivity index (χ2v) is 5.77. The number of aryl methyl sites for hydroxylation is 1. The molecule has 1 rings (SSSR count). The van der Waals surface area contributed by atoms with Crippen molar-refractivity contribution < 1.29 is 13.2 Å². The lowest BCUT2D eigenvalue weighted by molar-refractivity contribution is -0.111. The molecule has 0 saturated heterocycles. The van der Waals surface area contributed by atoms with E-state index in [2.05, 4.69) is 0 Å². The summed E-state index contributed by atoms with van der Waals surface area (Å²) in [6.45, 7) is 1.87. The number of rotatable bonds is 4. The maximum atomic E-state index is 11.6. The summed E-state index contributed by atoms with van der Waals surface area (Å²) in [6.07, 6.45) is -0.155. The molecule has 0 heterocycles. The Hall–Kier alpha value is -0.870.